The van der Waals surface area contributed by atoms with E-state index >= 15 is 0 Å². The van der Waals surface area contributed by atoms with Gasteiger partial charge in [0.15, 0.2) is 11.5 Å². The fraction of sp³-hybridized carbons (Fsp3) is 0.526. The molecule has 0 bridgehead atoms. The van der Waals surface area contributed by atoms with E-state index in [0.29, 0.717) is 30.3 Å². The van der Waals surface area contributed by atoms with Gasteiger partial charge in [-0.2, -0.15) is 4.98 Å². The van der Waals surface area contributed by atoms with E-state index in [9.17, 15) is 4.79 Å². The Labute approximate surface area is 157 Å². The Morgan fingerprint density at radius 3 is 2.93 bits per heavy atom. The first-order chi connectivity index (χ1) is 13.1. The minimum atomic E-state index is -0.178. The smallest absolute Gasteiger partial charge is 0.252 e. The van der Waals surface area contributed by atoms with E-state index in [1.165, 1.54) is 12.8 Å². The number of carbonyl (C=O) groups excluding carboxylic acids is 1. The van der Waals surface area contributed by atoms with Crippen molar-refractivity contribution >= 4 is 17.1 Å². The van der Waals surface area contributed by atoms with Crippen LogP contribution in [0.3, 0.4) is 0 Å². The van der Waals surface area contributed by atoms with Crippen molar-refractivity contribution < 1.29 is 9.32 Å². The van der Waals surface area contributed by atoms with Crippen LogP contribution in [0.25, 0.3) is 11.2 Å². The van der Waals surface area contributed by atoms with E-state index in [4.69, 9.17) is 4.52 Å². The predicted octanol–water partition coefficient (Wildman–Crippen LogP) is 3.03. The normalized spacial score (nSPS) is 15.1. The highest BCUT2D eigenvalue weighted by atomic mass is 16.5. The number of imidazole rings is 1. The second kappa shape index (κ2) is 7.46. The van der Waals surface area contributed by atoms with Crippen molar-refractivity contribution in [1.82, 2.24) is 30.0 Å². The number of carbonyl (C=O) groups is 1. The summed E-state index contributed by atoms with van der Waals surface area (Å²) in [5, 5.41) is 6.91. The number of fused-ring (bicyclic) bond motifs is 1. The Morgan fingerprint density at radius 2 is 2.15 bits per heavy atom. The fourth-order valence-electron chi connectivity index (χ4n) is 3.52. The van der Waals surface area contributed by atoms with Gasteiger partial charge in [-0.15, -0.1) is 0 Å². The van der Waals surface area contributed by atoms with E-state index in [0.717, 1.165) is 29.9 Å². The Balaban J connectivity index is 1.34. The highest BCUT2D eigenvalue weighted by Gasteiger charge is 2.22. The summed E-state index contributed by atoms with van der Waals surface area (Å²) in [6.45, 7) is 4.58. The van der Waals surface area contributed by atoms with Gasteiger partial charge in [0.2, 0.25) is 5.89 Å². The van der Waals surface area contributed by atoms with Gasteiger partial charge >= 0.3 is 0 Å². The number of aromatic nitrogens is 5. The quantitative estimate of drug-likeness (QED) is 0.718. The van der Waals surface area contributed by atoms with Gasteiger partial charge in [-0.25, -0.2) is 9.97 Å². The maximum absolute atomic E-state index is 12.4. The largest absolute Gasteiger partial charge is 0.352 e. The number of pyridine rings is 1. The van der Waals surface area contributed by atoms with Gasteiger partial charge in [-0.3, -0.25) is 4.79 Å². The molecule has 3 aromatic heterocycles. The molecule has 3 heterocycles. The van der Waals surface area contributed by atoms with Crippen molar-refractivity contribution in [3.8, 4) is 0 Å². The standard InChI is InChI=1S/C19H24N6O2/c1-12(2)25-11-22-15-9-14(10-21-17(15)25)18(26)20-8-7-16-23-19(27-24-16)13-5-3-4-6-13/h9-13H,3-8H2,1-2H3,(H,20,26). The van der Waals surface area contributed by atoms with E-state index in [-0.39, 0.29) is 11.9 Å². The molecule has 1 aliphatic carbocycles. The van der Waals surface area contributed by atoms with Crippen LogP contribution in [-0.4, -0.2) is 37.1 Å². The summed E-state index contributed by atoms with van der Waals surface area (Å²) in [6.07, 6.45) is 8.59. The van der Waals surface area contributed by atoms with Crippen LogP contribution in [0.2, 0.25) is 0 Å². The van der Waals surface area contributed by atoms with Gasteiger partial charge in [0.1, 0.15) is 5.52 Å². The molecule has 8 heteroatoms. The molecule has 8 nitrogen and oxygen atoms in total. The zero-order valence-electron chi connectivity index (χ0n) is 15.7. The van der Waals surface area contributed by atoms with Gasteiger partial charge in [-0.1, -0.05) is 18.0 Å². The molecular formula is C19H24N6O2. The van der Waals surface area contributed by atoms with Gasteiger partial charge < -0.3 is 14.4 Å². The summed E-state index contributed by atoms with van der Waals surface area (Å²) < 4.78 is 7.35. The molecule has 0 radical (unpaired) electrons. The van der Waals surface area contributed by atoms with Crippen LogP contribution >= 0.6 is 0 Å². The molecule has 142 valence electrons. The number of amides is 1. The summed E-state index contributed by atoms with van der Waals surface area (Å²) in [7, 11) is 0. The Kier molecular flexibility index (Phi) is 4.87. The lowest BCUT2D eigenvalue weighted by molar-refractivity contribution is 0.0953. The van der Waals surface area contributed by atoms with E-state index in [1.807, 2.05) is 4.57 Å². The summed E-state index contributed by atoms with van der Waals surface area (Å²) in [5.74, 6) is 1.61. The third-order valence-electron chi connectivity index (χ3n) is 5.05. The minimum Gasteiger partial charge on any atom is -0.352 e. The molecule has 0 aromatic carbocycles. The molecule has 0 saturated heterocycles. The lowest BCUT2D eigenvalue weighted by atomic mass is 10.1. The van der Waals surface area contributed by atoms with Crippen molar-refractivity contribution in [1.29, 1.82) is 0 Å². The summed E-state index contributed by atoms with van der Waals surface area (Å²) in [6, 6.07) is 2.04. The van der Waals surface area contributed by atoms with Gasteiger partial charge in [-0.05, 0) is 32.8 Å². The second-order valence-electron chi connectivity index (χ2n) is 7.35. The molecule has 27 heavy (non-hydrogen) atoms. The van der Waals surface area contributed by atoms with Crippen molar-refractivity contribution in [2.75, 3.05) is 6.54 Å². The highest BCUT2D eigenvalue weighted by molar-refractivity contribution is 5.96. The number of hydrogen-bond acceptors (Lipinski definition) is 6. The van der Waals surface area contributed by atoms with Crippen LogP contribution in [0, 0.1) is 0 Å². The van der Waals surface area contributed by atoms with Crippen LogP contribution in [0.5, 0.6) is 0 Å². The Bertz CT molecular complexity index is 939. The number of hydrogen-bond donors (Lipinski definition) is 1. The lowest BCUT2D eigenvalue weighted by Gasteiger charge is -2.07. The number of rotatable bonds is 6. The van der Waals surface area contributed by atoms with Gasteiger partial charge in [0, 0.05) is 31.1 Å². The third kappa shape index (κ3) is 3.70. The third-order valence-corrected chi connectivity index (χ3v) is 5.05. The van der Waals surface area contributed by atoms with Crippen LogP contribution in [-0.2, 0) is 6.42 Å². The fourth-order valence-corrected chi connectivity index (χ4v) is 3.52. The first kappa shape index (κ1) is 17.6. The van der Waals surface area contributed by atoms with Crippen LogP contribution in [0.1, 0.15) is 73.6 Å². The predicted molar refractivity (Wildman–Crippen MR) is 99.5 cm³/mol. The lowest BCUT2D eigenvalue weighted by Crippen LogP contribution is -2.26. The van der Waals surface area contributed by atoms with E-state index in [2.05, 4.69) is 39.3 Å². The summed E-state index contributed by atoms with van der Waals surface area (Å²) in [5.41, 5.74) is 2.00. The van der Waals surface area contributed by atoms with E-state index in [1.54, 1.807) is 18.6 Å². The first-order valence-electron chi connectivity index (χ1n) is 9.55. The monoisotopic (exact) mass is 368 g/mol. The van der Waals surface area contributed by atoms with Crippen molar-refractivity contribution in [2.24, 2.45) is 0 Å². The topological polar surface area (TPSA) is 98.7 Å². The van der Waals surface area contributed by atoms with Crippen LogP contribution < -0.4 is 5.32 Å². The van der Waals surface area contributed by atoms with Crippen molar-refractivity contribution in [3.63, 3.8) is 0 Å². The molecule has 0 atom stereocenters. The van der Waals surface area contributed by atoms with Crippen LogP contribution in [0.4, 0.5) is 0 Å². The maximum atomic E-state index is 12.4. The SMILES string of the molecule is CC(C)n1cnc2cc(C(=O)NCCc3noc(C4CCCC4)n3)cnc21. The van der Waals surface area contributed by atoms with Crippen LogP contribution in [0.15, 0.2) is 23.1 Å². The summed E-state index contributed by atoms with van der Waals surface area (Å²) in [4.78, 5) is 25.6. The molecule has 1 aliphatic rings. The van der Waals surface area contributed by atoms with Crippen molar-refractivity contribution in [3.05, 3.63) is 35.9 Å². The maximum Gasteiger partial charge on any atom is 0.252 e. The zero-order chi connectivity index (χ0) is 18.8. The molecule has 0 unspecified atom stereocenters. The molecule has 3 aromatic rings. The molecule has 4 rings (SSSR count). The second-order valence-corrected chi connectivity index (χ2v) is 7.35. The zero-order valence-corrected chi connectivity index (χ0v) is 15.7. The minimum absolute atomic E-state index is 0.178. The highest BCUT2D eigenvalue weighted by Crippen LogP contribution is 2.32. The average molecular weight is 368 g/mol. The summed E-state index contributed by atoms with van der Waals surface area (Å²) >= 11 is 0. The molecule has 1 fully saturated rings. The molecule has 1 amide bonds. The number of nitrogens with zero attached hydrogens (tertiary/aromatic N) is 5. The molecule has 1 N–H and O–H groups in total. The first-order valence-corrected chi connectivity index (χ1v) is 9.55. The van der Waals surface area contributed by atoms with E-state index < -0.39 is 0 Å². The molecule has 0 spiro atoms. The number of nitrogens with one attached hydrogen (secondary N) is 1. The van der Waals surface area contributed by atoms with Gasteiger partial charge in [0.05, 0.1) is 11.9 Å². The van der Waals surface area contributed by atoms with Crippen molar-refractivity contribution in [2.45, 2.75) is 57.9 Å². The molecule has 1 saturated carbocycles. The Hall–Kier alpha value is -2.77. The van der Waals surface area contributed by atoms with Gasteiger partial charge in [0.25, 0.3) is 5.91 Å². The molecule has 0 aliphatic heterocycles. The average Bonchev–Trinajstić information content (AvgIpc) is 3.40. The Morgan fingerprint density at radius 1 is 1.33 bits per heavy atom. The molecular weight excluding hydrogens is 344 g/mol.